The molecule has 0 spiro atoms. The maximum atomic E-state index is 14.2. The predicted molar refractivity (Wildman–Crippen MR) is 120 cm³/mol. The molecular formula is C25H24F5N5. The Kier molecular flexibility index (Phi) is 6.39. The SMILES string of the molecule is CC(c1ccccn1)N1C[C@H]2CC(Nc3cc(C(F)F)c(-c4cc(F)cc(F)c4F)nn3)C[C@H]2C1. The van der Waals surface area contributed by atoms with Gasteiger partial charge in [0.05, 0.1) is 5.69 Å². The standard InChI is InChI=1S/C25H24F5N5/c1-13(21-4-2-3-5-31-21)35-11-14-6-17(7-15(14)12-35)32-22-10-19(25(29)30)24(34-33-22)18-8-16(26)9-20(27)23(18)28/h2-5,8-10,13-15,17,25H,6-7,11-12H2,1H3,(H,32,33)/t13?,14-,15+,17?. The average molecular weight is 489 g/mol. The second kappa shape index (κ2) is 9.49. The van der Waals surface area contributed by atoms with Gasteiger partial charge in [0.25, 0.3) is 6.43 Å². The number of nitrogens with one attached hydrogen (secondary N) is 1. The molecule has 1 aromatic carbocycles. The highest BCUT2D eigenvalue weighted by atomic mass is 19.3. The number of likely N-dealkylation sites (tertiary alicyclic amines) is 1. The highest BCUT2D eigenvalue weighted by Crippen LogP contribution is 2.42. The maximum absolute atomic E-state index is 14.2. The fourth-order valence-electron chi connectivity index (χ4n) is 5.37. The highest BCUT2D eigenvalue weighted by Gasteiger charge is 2.42. The third-order valence-electron chi connectivity index (χ3n) is 7.10. The van der Waals surface area contributed by atoms with Gasteiger partial charge in [-0.05, 0) is 55.9 Å². The lowest BCUT2D eigenvalue weighted by Crippen LogP contribution is -2.28. The molecule has 3 heterocycles. The first-order valence-corrected chi connectivity index (χ1v) is 11.5. The zero-order valence-electron chi connectivity index (χ0n) is 18.9. The first-order valence-electron chi connectivity index (χ1n) is 11.5. The number of fused-ring (bicyclic) bond motifs is 1. The summed E-state index contributed by atoms with van der Waals surface area (Å²) in [7, 11) is 0. The fraction of sp³-hybridized carbons (Fsp3) is 0.400. The molecule has 0 amide bonds. The van der Waals surface area contributed by atoms with Gasteiger partial charge in [-0.1, -0.05) is 6.07 Å². The molecular weight excluding hydrogens is 465 g/mol. The van der Waals surface area contributed by atoms with Crippen LogP contribution in [0.25, 0.3) is 11.3 Å². The second-order valence-corrected chi connectivity index (χ2v) is 9.30. The first kappa shape index (κ1) is 23.6. The van der Waals surface area contributed by atoms with E-state index in [-0.39, 0.29) is 17.9 Å². The van der Waals surface area contributed by atoms with Crippen LogP contribution in [0.4, 0.5) is 27.8 Å². The van der Waals surface area contributed by atoms with E-state index < -0.39 is 40.7 Å². The summed E-state index contributed by atoms with van der Waals surface area (Å²) in [5, 5.41) is 10.8. The molecule has 184 valence electrons. The lowest BCUT2D eigenvalue weighted by atomic mass is 10.0. The van der Waals surface area contributed by atoms with Crippen LogP contribution < -0.4 is 5.32 Å². The number of benzene rings is 1. The van der Waals surface area contributed by atoms with E-state index in [2.05, 4.69) is 32.3 Å². The highest BCUT2D eigenvalue weighted by molar-refractivity contribution is 5.65. The monoisotopic (exact) mass is 489 g/mol. The molecule has 10 heteroatoms. The summed E-state index contributed by atoms with van der Waals surface area (Å²) >= 11 is 0. The molecule has 0 bridgehead atoms. The molecule has 35 heavy (non-hydrogen) atoms. The largest absolute Gasteiger partial charge is 0.366 e. The van der Waals surface area contributed by atoms with Gasteiger partial charge >= 0.3 is 0 Å². The summed E-state index contributed by atoms with van der Waals surface area (Å²) in [5.74, 6) is -2.96. The third kappa shape index (κ3) is 4.71. The van der Waals surface area contributed by atoms with Crippen molar-refractivity contribution >= 4 is 5.82 Å². The number of anilines is 1. The van der Waals surface area contributed by atoms with Crippen LogP contribution in [0.1, 0.15) is 43.5 Å². The minimum atomic E-state index is -3.03. The molecule has 1 aliphatic heterocycles. The molecule has 1 N–H and O–H groups in total. The zero-order chi connectivity index (χ0) is 24.7. The molecule has 3 aromatic rings. The van der Waals surface area contributed by atoms with Gasteiger partial charge in [-0.25, -0.2) is 22.0 Å². The van der Waals surface area contributed by atoms with Crippen LogP contribution in [0, 0.1) is 29.3 Å². The minimum Gasteiger partial charge on any atom is -0.366 e. The van der Waals surface area contributed by atoms with Crippen molar-refractivity contribution in [3.05, 3.63) is 71.3 Å². The molecule has 2 fully saturated rings. The number of aromatic nitrogens is 3. The van der Waals surface area contributed by atoms with Crippen LogP contribution in [-0.2, 0) is 0 Å². The van der Waals surface area contributed by atoms with Crippen molar-refractivity contribution in [2.75, 3.05) is 18.4 Å². The van der Waals surface area contributed by atoms with Crippen molar-refractivity contribution in [3.8, 4) is 11.3 Å². The summed E-state index contributed by atoms with van der Waals surface area (Å²) < 4.78 is 69.0. The molecule has 2 unspecified atom stereocenters. The molecule has 1 saturated heterocycles. The smallest absolute Gasteiger partial charge is 0.266 e. The Morgan fingerprint density at radius 2 is 1.74 bits per heavy atom. The van der Waals surface area contributed by atoms with E-state index in [0.29, 0.717) is 24.0 Å². The Balaban J connectivity index is 1.28. The van der Waals surface area contributed by atoms with Gasteiger partial charge in [-0.3, -0.25) is 9.88 Å². The third-order valence-corrected chi connectivity index (χ3v) is 7.10. The summed E-state index contributed by atoms with van der Waals surface area (Å²) in [6.45, 7) is 4.01. The maximum Gasteiger partial charge on any atom is 0.266 e. The zero-order valence-corrected chi connectivity index (χ0v) is 18.9. The van der Waals surface area contributed by atoms with Crippen molar-refractivity contribution in [1.29, 1.82) is 0 Å². The average Bonchev–Trinajstić information content (AvgIpc) is 3.40. The number of rotatable bonds is 6. The number of hydrogen-bond donors (Lipinski definition) is 1. The Labute approximate surface area is 199 Å². The van der Waals surface area contributed by atoms with Gasteiger partial charge in [0.2, 0.25) is 0 Å². The van der Waals surface area contributed by atoms with Crippen LogP contribution in [0.5, 0.6) is 0 Å². The summed E-state index contributed by atoms with van der Waals surface area (Å²) in [4.78, 5) is 6.88. The van der Waals surface area contributed by atoms with Crippen LogP contribution in [0.15, 0.2) is 42.6 Å². The Morgan fingerprint density at radius 3 is 2.40 bits per heavy atom. The van der Waals surface area contributed by atoms with Gasteiger partial charge in [0.1, 0.15) is 17.3 Å². The molecule has 2 aromatic heterocycles. The van der Waals surface area contributed by atoms with Crippen LogP contribution >= 0.6 is 0 Å². The lowest BCUT2D eigenvalue weighted by Gasteiger charge is -2.25. The van der Waals surface area contributed by atoms with Gasteiger partial charge in [0.15, 0.2) is 11.6 Å². The molecule has 2 aliphatic rings. The van der Waals surface area contributed by atoms with Crippen molar-refractivity contribution in [3.63, 3.8) is 0 Å². The van der Waals surface area contributed by atoms with E-state index in [0.717, 1.165) is 37.7 Å². The van der Waals surface area contributed by atoms with Crippen molar-refractivity contribution in [1.82, 2.24) is 20.1 Å². The van der Waals surface area contributed by atoms with Gasteiger partial charge in [-0.15, -0.1) is 10.2 Å². The quantitative estimate of drug-likeness (QED) is 0.352. The molecule has 0 radical (unpaired) electrons. The van der Waals surface area contributed by atoms with Crippen LogP contribution in [-0.4, -0.2) is 39.2 Å². The number of halogens is 5. The van der Waals surface area contributed by atoms with Crippen molar-refractivity contribution < 1.29 is 22.0 Å². The van der Waals surface area contributed by atoms with E-state index in [9.17, 15) is 22.0 Å². The normalized spacial score (nSPS) is 23.0. The summed E-state index contributed by atoms with van der Waals surface area (Å²) in [6, 6.07) is 8.22. The first-order chi connectivity index (χ1) is 16.8. The summed E-state index contributed by atoms with van der Waals surface area (Å²) in [6.07, 6.45) is 0.471. The van der Waals surface area contributed by atoms with Crippen molar-refractivity contribution in [2.24, 2.45) is 11.8 Å². The van der Waals surface area contributed by atoms with E-state index in [1.54, 1.807) is 6.20 Å². The van der Waals surface area contributed by atoms with E-state index >= 15 is 0 Å². The number of hydrogen-bond acceptors (Lipinski definition) is 5. The summed E-state index contributed by atoms with van der Waals surface area (Å²) in [5.41, 5.74) is -0.870. The topological polar surface area (TPSA) is 53.9 Å². The molecule has 5 rings (SSSR count). The lowest BCUT2D eigenvalue weighted by molar-refractivity contribution is 0.151. The van der Waals surface area contributed by atoms with Gasteiger partial charge < -0.3 is 5.32 Å². The predicted octanol–water partition coefficient (Wildman–Crippen LogP) is 5.78. The van der Waals surface area contributed by atoms with E-state index in [1.807, 2.05) is 18.2 Å². The fourth-order valence-corrected chi connectivity index (χ4v) is 5.37. The minimum absolute atomic E-state index is 0.0336. The van der Waals surface area contributed by atoms with Gasteiger partial charge in [-0.2, -0.15) is 0 Å². The second-order valence-electron chi connectivity index (χ2n) is 9.30. The van der Waals surface area contributed by atoms with E-state index in [1.165, 1.54) is 0 Å². The van der Waals surface area contributed by atoms with Crippen LogP contribution in [0.2, 0.25) is 0 Å². The number of alkyl halides is 2. The number of pyridine rings is 1. The Bertz CT molecular complexity index is 1190. The Hall–Kier alpha value is -3.14. The van der Waals surface area contributed by atoms with Crippen LogP contribution in [0.3, 0.4) is 0 Å². The Morgan fingerprint density at radius 1 is 1.00 bits per heavy atom. The molecule has 4 atom stereocenters. The van der Waals surface area contributed by atoms with E-state index in [4.69, 9.17) is 0 Å². The van der Waals surface area contributed by atoms with Crippen molar-refractivity contribution in [2.45, 2.75) is 38.3 Å². The molecule has 1 aliphatic carbocycles. The number of nitrogens with zero attached hydrogens (tertiary/aromatic N) is 4. The molecule has 5 nitrogen and oxygen atoms in total. The molecule has 1 saturated carbocycles. The van der Waals surface area contributed by atoms with Gasteiger partial charge in [0, 0.05) is 48.6 Å².